The van der Waals surface area contributed by atoms with Gasteiger partial charge in [0.05, 0.1) is 0 Å². The van der Waals surface area contributed by atoms with E-state index in [0.717, 1.165) is 12.5 Å². The van der Waals surface area contributed by atoms with Gasteiger partial charge < -0.3 is 5.32 Å². The minimum absolute atomic E-state index is 0.891. The predicted molar refractivity (Wildman–Crippen MR) is 64.4 cm³/mol. The molecule has 0 aromatic heterocycles. The van der Waals surface area contributed by atoms with Crippen LogP contribution in [0.1, 0.15) is 26.7 Å². The van der Waals surface area contributed by atoms with Crippen LogP contribution in [0.4, 0.5) is 0 Å². The average Bonchev–Trinajstić information content (AvgIpc) is 2.29. The van der Waals surface area contributed by atoms with Gasteiger partial charge in [0.15, 0.2) is 0 Å². The lowest BCUT2D eigenvalue weighted by Gasteiger charge is -2.05. The molecule has 1 aromatic rings. The fourth-order valence-electron chi connectivity index (χ4n) is 0.980. The molecule has 0 heterocycles. The van der Waals surface area contributed by atoms with Gasteiger partial charge in [-0.25, -0.2) is 0 Å². The van der Waals surface area contributed by atoms with Gasteiger partial charge in [0.2, 0.25) is 0 Å². The molecule has 1 heteroatoms. The smallest absolute Gasteiger partial charge is 0.00494 e. The number of hydrogen-bond acceptors (Lipinski definition) is 1. The Morgan fingerprint density at radius 1 is 1.00 bits per heavy atom. The van der Waals surface area contributed by atoms with Crippen molar-refractivity contribution in [2.75, 3.05) is 13.6 Å². The molecular weight excluding hydrogens is 170 g/mol. The summed E-state index contributed by atoms with van der Waals surface area (Å²) in [5, 5.41) is 3.13. The molecule has 1 rings (SSSR count). The molecule has 1 aromatic carbocycles. The summed E-state index contributed by atoms with van der Waals surface area (Å²) in [6.45, 7) is 5.69. The van der Waals surface area contributed by atoms with Crippen LogP contribution in [0.25, 0.3) is 0 Å². The molecule has 0 aliphatic heterocycles. The number of rotatable bonds is 4. The summed E-state index contributed by atoms with van der Waals surface area (Å²) >= 11 is 0. The summed E-state index contributed by atoms with van der Waals surface area (Å²) in [5.41, 5.74) is 0. The van der Waals surface area contributed by atoms with Crippen LogP contribution in [-0.2, 0) is 0 Å². The summed E-state index contributed by atoms with van der Waals surface area (Å²) in [5.74, 6) is 0.891. The van der Waals surface area contributed by atoms with Crippen LogP contribution in [0.2, 0.25) is 0 Å². The monoisotopic (exact) mass is 193 g/mol. The Morgan fingerprint density at radius 2 is 1.43 bits per heavy atom. The molecule has 0 amide bonds. The number of hydrogen-bond donors (Lipinski definition) is 1. The lowest BCUT2D eigenvalue weighted by atomic mass is 10.1. The molecule has 0 saturated heterocycles. The molecular formula is C13H23N. The van der Waals surface area contributed by atoms with Crippen LogP contribution in [0.5, 0.6) is 0 Å². The van der Waals surface area contributed by atoms with Gasteiger partial charge in [-0.2, -0.15) is 0 Å². The first-order chi connectivity index (χ1) is 6.81. The van der Waals surface area contributed by atoms with Crippen molar-refractivity contribution < 1.29 is 0 Å². The van der Waals surface area contributed by atoms with Crippen molar-refractivity contribution in [3.8, 4) is 0 Å². The standard InChI is InChI=1S/C7H17N.C6H6/c1-4-7(2)5-6-8-3;1-2-4-6-5-3-1/h7-8H,4-6H2,1-3H3;1-6H. The Morgan fingerprint density at radius 3 is 1.71 bits per heavy atom. The summed E-state index contributed by atoms with van der Waals surface area (Å²) in [6.07, 6.45) is 2.62. The van der Waals surface area contributed by atoms with E-state index in [1.807, 2.05) is 43.4 Å². The van der Waals surface area contributed by atoms with Crippen molar-refractivity contribution >= 4 is 0 Å². The first kappa shape index (κ1) is 13.2. The lowest BCUT2D eigenvalue weighted by molar-refractivity contribution is 0.503. The van der Waals surface area contributed by atoms with Crippen LogP contribution < -0.4 is 5.32 Å². The Balaban J connectivity index is 0.000000249. The molecule has 0 fully saturated rings. The second-order valence-corrected chi connectivity index (χ2v) is 3.56. The topological polar surface area (TPSA) is 12.0 Å². The molecule has 80 valence electrons. The van der Waals surface area contributed by atoms with Gasteiger partial charge in [-0.15, -0.1) is 0 Å². The molecule has 1 unspecified atom stereocenters. The zero-order chi connectivity index (χ0) is 10.6. The molecule has 14 heavy (non-hydrogen) atoms. The van der Waals surface area contributed by atoms with Gasteiger partial charge in [0, 0.05) is 0 Å². The summed E-state index contributed by atoms with van der Waals surface area (Å²) < 4.78 is 0. The minimum atomic E-state index is 0.891. The first-order valence-corrected chi connectivity index (χ1v) is 5.45. The Labute approximate surface area is 88.5 Å². The largest absolute Gasteiger partial charge is 0.320 e. The van der Waals surface area contributed by atoms with Crippen LogP contribution in [-0.4, -0.2) is 13.6 Å². The fourth-order valence-corrected chi connectivity index (χ4v) is 0.980. The maximum atomic E-state index is 3.13. The third kappa shape index (κ3) is 9.27. The van der Waals surface area contributed by atoms with E-state index in [1.165, 1.54) is 12.8 Å². The minimum Gasteiger partial charge on any atom is -0.320 e. The van der Waals surface area contributed by atoms with E-state index < -0.39 is 0 Å². The SMILES string of the molecule is CCC(C)CCNC.c1ccccc1. The van der Waals surface area contributed by atoms with Crippen molar-refractivity contribution in [3.05, 3.63) is 36.4 Å². The summed E-state index contributed by atoms with van der Waals surface area (Å²) in [4.78, 5) is 0. The van der Waals surface area contributed by atoms with Crippen LogP contribution in [0, 0.1) is 5.92 Å². The zero-order valence-corrected chi connectivity index (χ0v) is 9.66. The van der Waals surface area contributed by atoms with E-state index in [0.29, 0.717) is 0 Å². The van der Waals surface area contributed by atoms with Crippen LogP contribution in [0.3, 0.4) is 0 Å². The lowest BCUT2D eigenvalue weighted by Crippen LogP contribution is -2.10. The highest BCUT2D eigenvalue weighted by molar-refractivity contribution is 4.99. The van der Waals surface area contributed by atoms with Gasteiger partial charge in [-0.3, -0.25) is 0 Å². The van der Waals surface area contributed by atoms with E-state index in [2.05, 4.69) is 19.2 Å². The molecule has 0 spiro atoms. The Bertz CT molecular complexity index is 157. The van der Waals surface area contributed by atoms with Crippen molar-refractivity contribution in [2.45, 2.75) is 26.7 Å². The van der Waals surface area contributed by atoms with Crippen LogP contribution >= 0.6 is 0 Å². The van der Waals surface area contributed by atoms with E-state index in [9.17, 15) is 0 Å². The highest BCUT2D eigenvalue weighted by Gasteiger charge is 1.94. The molecule has 0 radical (unpaired) electrons. The predicted octanol–water partition coefficient (Wildman–Crippen LogP) is 3.33. The van der Waals surface area contributed by atoms with Gasteiger partial charge in [0.25, 0.3) is 0 Å². The first-order valence-electron chi connectivity index (χ1n) is 5.45. The Hall–Kier alpha value is -0.820. The van der Waals surface area contributed by atoms with Gasteiger partial charge >= 0.3 is 0 Å². The zero-order valence-electron chi connectivity index (χ0n) is 9.66. The molecule has 0 aliphatic carbocycles. The van der Waals surface area contributed by atoms with Crippen LogP contribution in [0.15, 0.2) is 36.4 Å². The van der Waals surface area contributed by atoms with Crippen molar-refractivity contribution in [3.63, 3.8) is 0 Å². The second-order valence-electron chi connectivity index (χ2n) is 3.56. The third-order valence-corrected chi connectivity index (χ3v) is 2.25. The normalized spacial score (nSPS) is 11.4. The highest BCUT2D eigenvalue weighted by Crippen LogP contribution is 2.03. The quantitative estimate of drug-likeness (QED) is 0.773. The summed E-state index contributed by atoms with van der Waals surface area (Å²) in [6, 6.07) is 12.0. The average molecular weight is 193 g/mol. The van der Waals surface area contributed by atoms with E-state index in [4.69, 9.17) is 0 Å². The van der Waals surface area contributed by atoms with Gasteiger partial charge in [-0.05, 0) is 25.9 Å². The maximum absolute atomic E-state index is 3.13. The Kier molecular flexibility index (Phi) is 9.66. The van der Waals surface area contributed by atoms with Crippen molar-refractivity contribution in [2.24, 2.45) is 5.92 Å². The third-order valence-electron chi connectivity index (χ3n) is 2.25. The number of benzene rings is 1. The molecule has 0 bridgehead atoms. The van der Waals surface area contributed by atoms with Gasteiger partial charge in [0.1, 0.15) is 0 Å². The second kappa shape index (κ2) is 10.3. The van der Waals surface area contributed by atoms with Crippen molar-refractivity contribution in [1.82, 2.24) is 5.32 Å². The molecule has 0 aliphatic rings. The van der Waals surface area contributed by atoms with E-state index >= 15 is 0 Å². The number of nitrogens with one attached hydrogen (secondary N) is 1. The van der Waals surface area contributed by atoms with Crippen molar-refractivity contribution in [1.29, 1.82) is 0 Å². The van der Waals surface area contributed by atoms with E-state index in [1.54, 1.807) is 0 Å². The molecule has 0 saturated carbocycles. The molecule has 1 N–H and O–H groups in total. The summed E-state index contributed by atoms with van der Waals surface area (Å²) in [7, 11) is 2.00. The maximum Gasteiger partial charge on any atom is -0.00494 e. The molecule has 1 nitrogen and oxygen atoms in total. The highest BCUT2D eigenvalue weighted by atomic mass is 14.8. The van der Waals surface area contributed by atoms with E-state index in [-0.39, 0.29) is 0 Å². The van der Waals surface area contributed by atoms with Gasteiger partial charge in [-0.1, -0.05) is 56.7 Å². The fraction of sp³-hybridized carbons (Fsp3) is 0.538. The molecule has 1 atom stereocenters.